The molecular formula is C16H14BrN3O. The van der Waals surface area contributed by atoms with E-state index in [4.69, 9.17) is 10.3 Å². The fourth-order valence-electron chi connectivity index (χ4n) is 2.04. The van der Waals surface area contributed by atoms with Crippen molar-refractivity contribution in [1.29, 1.82) is 0 Å². The van der Waals surface area contributed by atoms with Crippen molar-refractivity contribution in [2.75, 3.05) is 0 Å². The van der Waals surface area contributed by atoms with Crippen molar-refractivity contribution in [2.24, 2.45) is 5.73 Å². The third kappa shape index (κ3) is 2.89. The lowest BCUT2D eigenvalue weighted by Crippen LogP contribution is -1.95. The fourth-order valence-corrected chi connectivity index (χ4v) is 2.71. The molecule has 0 fully saturated rings. The summed E-state index contributed by atoms with van der Waals surface area (Å²) in [6.07, 6.45) is 0. The lowest BCUT2D eigenvalue weighted by molar-refractivity contribution is 0.432. The smallest absolute Gasteiger partial charge is 0.258 e. The highest BCUT2D eigenvalue weighted by Crippen LogP contribution is 2.28. The van der Waals surface area contributed by atoms with Gasteiger partial charge in [-0.25, -0.2) is 0 Å². The quantitative estimate of drug-likeness (QED) is 0.782. The predicted molar refractivity (Wildman–Crippen MR) is 85.5 cm³/mol. The van der Waals surface area contributed by atoms with Crippen molar-refractivity contribution in [3.05, 3.63) is 58.1 Å². The first-order valence-corrected chi connectivity index (χ1v) is 7.36. The largest absolute Gasteiger partial charge is 0.334 e. The van der Waals surface area contributed by atoms with E-state index in [1.165, 1.54) is 5.56 Å². The summed E-state index contributed by atoms with van der Waals surface area (Å²) in [4.78, 5) is 4.46. The number of rotatable bonds is 3. The maximum Gasteiger partial charge on any atom is 0.258 e. The van der Waals surface area contributed by atoms with Gasteiger partial charge in [-0.15, -0.1) is 0 Å². The van der Waals surface area contributed by atoms with Crippen molar-refractivity contribution in [1.82, 2.24) is 10.1 Å². The number of hydrogen-bond acceptors (Lipinski definition) is 4. The first-order chi connectivity index (χ1) is 10.2. The number of benzene rings is 2. The number of halogens is 1. The Balaban J connectivity index is 1.95. The minimum absolute atomic E-state index is 0.501. The molecule has 0 unspecified atom stereocenters. The average molecular weight is 344 g/mol. The molecule has 5 heteroatoms. The Kier molecular flexibility index (Phi) is 3.86. The van der Waals surface area contributed by atoms with Crippen LogP contribution in [-0.2, 0) is 6.54 Å². The van der Waals surface area contributed by atoms with Gasteiger partial charge in [0, 0.05) is 22.1 Å². The van der Waals surface area contributed by atoms with Crippen LogP contribution in [0.4, 0.5) is 0 Å². The maximum atomic E-state index is 5.59. The van der Waals surface area contributed by atoms with E-state index < -0.39 is 0 Å². The second-order valence-electron chi connectivity index (χ2n) is 4.81. The van der Waals surface area contributed by atoms with E-state index in [9.17, 15) is 0 Å². The molecule has 0 saturated carbocycles. The third-order valence-electron chi connectivity index (χ3n) is 3.23. The average Bonchev–Trinajstić information content (AvgIpc) is 2.97. The Bertz CT molecular complexity index is 765. The number of nitrogens with two attached hydrogens (primary N) is 1. The highest BCUT2D eigenvalue weighted by Gasteiger charge is 2.13. The van der Waals surface area contributed by atoms with Gasteiger partial charge in [0.1, 0.15) is 0 Å². The molecule has 0 spiro atoms. The third-order valence-corrected chi connectivity index (χ3v) is 3.88. The summed E-state index contributed by atoms with van der Waals surface area (Å²) in [5.41, 5.74) is 9.63. The van der Waals surface area contributed by atoms with Crippen LogP contribution >= 0.6 is 15.9 Å². The topological polar surface area (TPSA) is 64.9 Å². The van der Waals surface area contributed by atoms with Crippen molar-refractivity contribution in [3.8, 4) is 22.8 Å². The Morgan fingerprint density at radius 3 is 2.57 bits per heavy atom. The summed E-state index contributed by atoms with van der Waals surface area (Å²) in [6.45, 7) is 2.56. The van der Waals surface area contributed by atoms with Crippen molar-refractivity contribution in [3.63, 3.8) is 0 Å². The molecule has 0 aliphatic heterocycles. The second-order valence-corrected chi connectivity index (χ2v) is 5.66. The SMILES string of the molecule is Cc1ccc(-c2noc(-c3ccc(CN)cc3)n2)c(Br)c1. The van der Waals surface area contributed by atoms with Gasteiger partial charge in [0.2, 0.25) is 5.82 Å². The standard InChI is InChI=1S/C16H14BrN3O/c1-10-2-7-13(14(17)8-10)15-19-16(21-20-15)12-5-3-11(9-18)4-6-12/h2-8H,9,18H2,1H3. The van der Waals surface area contributed by atoms with Crippen LogP contribution in [0.5, 0.6) is 0 Å². The lowest BCUT2D eigenvalue weighted by Gasteiger charge is -2.00. The normalized spacial score (nSPS) is 10.8. The van der Waals surface area contributed by atoms with Crippen LogP contribution in [0.3, 0.4) is 0 Å². The molecule has 2 aromatic carbocycles. The zero-order chi connectivity index (χ0) is 14.8. The van der Waals surface area contributed by atoms with Gasteiger partial charge < -0.3 is 10.3 Å². The van der Waals surface area contributed by atoms with Crippen LogP contribution in [0.25, 0.3) is 22.8 Å². The van der Waals surface area contributed by atoms with Gasteiger partial charge in [0.15, 0.2) is 0 Å². The molecule has 0 aliphatic carbocycles. The maximum absolute atomic E-state index is 5.59. The van der Waals surface area contributed by atoms with Gasteiger partial charge in [-0.2, -0.15) is 4.98 Å². The van der Waals surface area contributed by atoms with Crippen LogP contribution < -0.4 is 5.73 Å². The van der Waals surface area contributed by atoms with Gasteiger partial charge in [0.25, 0.3) is 5.89 Å². The Morgan fingerprint density at radius 1 is 1.14 bits per heavy atom. The van der Waals surface area contributed by atoms with Crippen molar-refractivity contribution in [2.45, 2.75) is 13.5 Å². The van der Waals surface area contributed by atoms with Crippen LogP contribution in [0.2, 0.25) is 0 Å². The number of hydrogen-bond donors (Lipinski definition) is 1. The molecule has 0 radical (unpaired) electrons. The fraction of sp³-hybridized carbons (Fsp3) is 0.125. The molecule has 2 N–H and O–H groups in total. The van der Waals surface area contributed by atoms with E-state index in [0.29, 0.717) is 18.3 Å². The molecule has 21 heavy (non-hydrogen) atoms. The van der Waals surface area contributed by atoms with Gasteiger partial charge in [-0.05, 0) is 42.3 Å². The van der Waals surface area contributed by atoms with Gasteiger partial charge in [-0.1, -0.05) is 39.3 Å². The first-order valence-electron chi connectivity index (χ1n) is 6.57. The first kappa shape index (κ1) is 14.0. The van der Waals surface area contributed by atoms with Crippen LogP contribution in [-0.4, -0.2) is 10.1 Å². The minimum Gasteiger partial charge on any atom is -0.334 e. The molecule has 0 aliphatic rings. The van der Waals surface area contributed by atoms with Crippen molar-refractivity contribution >= 4 is 15.9 Å². The van der Waals surface area contributed by atoms with E-state index in [2.05, 4.69) is 26.1 Å². The van der Waals surface area contributed by atoms with E-state index in [0.717, 1.165) is 21.2 Å². The number of nitrogens with zero attached hydrogens (tertiary/aromatic N) is 2. The van der Waals surface area contributed by atoms with E-state index in [1.807, 2.05) is 49.4 Å². The molecule has 0 atom stereocenters. The second kappa shape index (κ2) is 5.79. The molecule has 106 valence electrons. The van der Waals surface area contributed by atoms with E-state index >= 15 is 0 Å². The minimum atomic E-state index is 0.501. The summed E-state index contributed by atoms with van der Waals surface area (Å²) in [5.74, 6) is 1.07. The van der Waals surface area contributed by atoms with Gasteiger partial charge >= 0.3 is 0 Å². The molecule has 1 aromatic heterocycles. The monoisotopic (exact) mass is 343 g/mol. The summed E-state index contributed by atoms with van der Waals surface area (Å²) in [7, 11) is 0. The Hall–Kier alpha value is -1.98. The van der Waals surface area contributed by atoms with Gasteiger partial charge in [0.05, 0.1) is 0 Å². The summed E-state index contributed by atoms with van der Waals surface area (Å²) in [6, 6.07) is 13.8. The molecular weight excluding hydrogens is 330 g/mol. The van der Waals surface area contributed by atoms with E-state index in [-0.39, 0.29) is 0 Å². The van der Waals surface area contributed by atoms with Crippen LogP contribution in [0, 0.1) is 6.92 Å². The zero-order valence-electron chi connectivity index (χ0n) is 11.5. The highest BCUT2D eigenvalue weighted by molar-refractivity contribution is 9.10. The van der Waals surface area contributed by atoms with E-state index in [1.54, 1.807) is 0 Å². The number of aryl methyl sites for hydroxylation is 1. The lowest BCUT2D eigenvalue weighted by atomic mass is 10.1. The Labute approximate surface area is 131 Å². The van der Waals surface area contributed by atoms with Crippen LogP contribution in [0.15, 0.2) is 51.5 Å². The highest BCUT2D eigenvalue weighted by atomic mass is 79.9. The molecule has 1 heterocycles. The van der Waals surface area contributed by atoms with Crippen molar-refractivity contribution < 1.29 is 4.52 Å². The molecule has 0 saturated heterocycles. The zero-order valence-corrected chi connectivity index (χ0v) is 13.1. The molecule has 4 nitrogen and oxygen atoms in total. The summed E-state index contributed by atoms with van der Waals surface area (Å²) < 4.78 is 6.30. The van der Waals surface area contributed by atoms with Crippen LogP contribution in [0.1, 0.15) is 11.1 Å². The summed E-state index contributed by atoms with van der Waals surface area (Å²) >= 11 is 3.53. The number of aromatic nitrogens is 2. The predicted octanol–water partition coefficient (Wildman–Crippen LogP) is 3.93. The Morgan fingerprint density at radius 2 is 1.90 bits per heavy atom. The molecule has 3 rings (SSSR count). The molecule has 0 amide bonds. The van der Waals surface area contributed by atoms with Gasteiger partial charge in [-0.3, -0.25) is 0 Å². The molecule has 0 bridgehead atoms. The summed E-state index contributed by atoms with van der Waals surface area (Å²) in [5, 5.41) is 4.06. The molecule has 3 aromatic rings.